The lowest BCUT2D eigenvalue weighted by molar-refractivity contribution is -0.132. The second-order valence-corrected chi connectivity index (χ2v) is 5.05. The number of piperidine rings is 1. The molecule has 2 aliphatic heterocycles. The van der Waals surface area contributed by atoms with Crippen molar-refractivity contribution < 1.29 is 9.59 Å². The van der Waals surface area contributed by atoms with E-state index in [-0.39, 0.29) is 23.8 Å². The van der Waals surface area contributed by atoms with Gasteiger partial charge in [0, 0.05) is 31.1 Å². The van der Waals surface area contributed by atoms with Crippen molar-refractivity contribution in [2.45, 2.75) is 18.9 Å². The lowest BCUT2D eigenvalue weighted by atomic mass is 9.91. The van der Waals surface area contributed by atoms with Crippen LogP contribution in [0.15, 0.2) is 24.4 Å². The van der Waals surface area contributed by atoms with Crippen LogP contribution in [0.5, 0.6) is 0 Å². The number of likely N-dealkylation sites (tertiary alicyclic amines) is 1. The predicted octanol–water partition coefficient (Wildman–Crippen LogP) is 0.765. The first-order chi connectivity index (χ1) is 9.25. The maximum Gasteiger partial charge on any atom is 0.246 e. The standard InChI is InChI=1S/C14H17N3O2/c18-13(6-5-10-3-1-7-15-10)17-8-2-4-11-12(17)9-16-14(11)19/h1,3,5-7,11-12,15H,2,4,8-9H2,(H,16,19)/b6-5+/t11-,12-/m1/s1. The van der Waals surface area contributed by atoms with E-state index in [0.29, 0.717) is 6.54 Å². The molecule has 2 saturated heterocycles. The normalized spacial score (nSPS) is 26.5. The van der Waals surface area contributed by atoms with E-state index in [2.05, 4.69) is 10.3 Å². The molecule has 0 aliphatic carbocycles. The van der Waals surface area contributed by atoms with Crippen LogP contribution in [0.2, 0.25) is 0 Å². The Kier molecular flexibility index (Phi) is 3.11. The van der Waals surface area contributed by atoms with Gasteiger partial charge in [0.15, 0.2) is 0 Å². The van der Waals surface area contributed by atoms with Gasteiger partial charge in [0.25, 0.3) is 0 Å². The van der Waals surface area contributed by atoms with Gasteiger partial charge in [-0.2, -0.15) is 0 Å². The number of nitrogens with zero attached hydrogens (tertiary/aromatic N) is 1. The summed E-state index contributed by atoms with van der Waals surface area (Å²) in [6.07, 6.45) is 6.96. The van der Waals surface area contributed by atoms with Gasteiger partial charge in [0.2, 0.25) is 11.8 Å². The van der Waals surface area contributed by atoms with E-state index >= 15 is 0 Å². The van der Waals surface area contributed by atoms with Crippen LogP contribution >= 0.6 is 0 Å². The van der Waals surface area contributed by atoms with Crippen LogP contribution in [-0.4, -0.2) is 40.8 Å². The summed E-state index contributed by atoms with van der Waals surface area (Å²) in [6, 6.07) is 3.83. The molecule has 2 fully saturated rings. The van der Waals surface area contributed by atoms with Crippen LogP contribution in [-0.2, 0) is 9.59 Å². The first-order valence-corrected chi connectivity index (χ1v) is 6.65. The maximum atomic E-state index is 12.2. The van der Waals surface area contributed by atoms with E-state index < -0.39 is 0 Å². The fraction of sp³-hybridized carbons (Fsp3) is 0.429. The highest BCUT2D eigenvalue weighted by Crippen LogP contribution is 2.27. The third kappa shape index (κ3) is 2.28. The number of carbonyl (C=O) groups excluding carboxylic acids is 2. The lowest BCUT2D eigenvalue weighted by Crippen LogP contribution is -2.48. The zero-order chi connectivity index (χ0) is 13.2. The van der Waals surface area contributed by atoms with Crippen molar-refractivity contribution >= 4 is 17.9 Å². The number of aromatic nitrogens is 1. The molecule has 2 aliphatic rings. The van der Waals surface area contributed by atoms with E-state index in [0.717, 1.165) is 25.1 Å². The average Bonchev–Trinajstić information content (AvgIpc) is 3.06. The lowest BCUT2D eigenvalue weighted by Gasteiger charge is -2.35. The van der Waals surface area contributed by atoms with Crippen molar-refractivity contribution in [2.24, 2.45) is 5.92 Å². The monoisotopic (exact) mass is 259 g/mol. The highest BCUT2D eigenvalue weighted by Gasteiger charge is 2.41. The zero-order valence-corrected chi connectivity index (χ0v) is 10.6. The van der Waals surface area contributed by atoms with Gasteiger partial charge in [-0.05, 0) is 31.1 Å². The Labute approximate surface area is 111 Å². The quantitative estimate of drug-likeness (QED) is 0.770. The van der Waals surface area contributed by atoms with Gasteiger partial charge in [-0.3, -0.25) is 9.59 Å². The molecule has 0 saturated carbocycles. The summed E-state index contributed by atoms with van der Waals surface area (Å²) in [5.41, 5.74) is 0.905. The van der Waals surface area contributed by atoms with Crippen molar-refractivity contribution in [1.29, 1.82) is 0 Å². The third-order valence-corrected chi connectivity index (χ3v) is 3.91. The highest BCUT2D eigenvalue weighted by molar-refractivity contribution is 5.93. The smallest absolute Gasteiger partial charge is 0.246 e. The molecule has 0 aromatic carbocycles. The van der Waals surface area contributed by atoms with E-state index in [9.17, 15) is 9.59 Å². The van der Waals surface area contributed by atoms with Crippen LogP contribution in [0, 0.1) is 5.92 Å². The van der Waals surface area contributed by atoms with E-state index in [1.807, 2.05) is 23.2 Å². The molecule has 3 rings (SSSR count). The van der Waals surface area contributed by atoms with Crippen molar-refractivity contribution in [3.63, 3.8) is 0 Å². The molecule has 0 spiro atoms. The predicted molar refractivity (Wildman–Crippen MR) is 71.1 cm³/mol. The van der Waals surface area contributed by atoms with Crippen LogP contribution in [0.3, 0.4) is 0 Å². The number of carbonyl (C=O) groups is 2. The number of amides is 2. The summed E-state index contributed by atoms with van der Waals surface area (Å²) in [5, 5.41) is 2.85. The van der Waals surface area contributed by atoms with Gasteiger partial charge in [-0.1, -0.05) is 0 Å². The number of fused-ring (bicyclic) bond motifs is 1. The minimum atomic E-state index is -0.0170. The molecule has 100 valence electrons. The Hall–Kier alpha value is -2.04. The summed E-state index contributed by atoms with van der Waals surface area (Å²) >= 11 is 0. The van der Waals surface area contributed by atoms with Gasteiger partial charge in [0.05, 0.1) is 12.0 Å². The van der Waals surface area contributed by atoms with E-state index in [1.165, 1.54) is 0 Å². The number of aromatic amines is 1. The van der Waals surface area contributed by atoms with Gasteiger partial charge in [0.1, 0.15) is 0 Å². The molecule has 1 aromatic rings. The Bertz CT molecular complexity index is 507. The van der Waals surface area contributed by atoms with Crippen molar-refractivity contribution in [3.8, 4) is 0 Å². The summed E-state index contributed by atoms with van der Waals surface area (Å²) in [5.74, 6) is 0.0632. The third-order valence-electron chi connectivity index (χ3n) is 3.91. The fourth-order valence-corrected chi connectivity index (χ4v) is 2.93. The number of hydrogen-bond acceptors (Lipinski definition) is 2. The fourth-order valence-electron chi connectivity index (χ4n) is 2.93. The molecule has 1 aromatic heterocycles. The number of hydrogen-bond donors (Lipinski definition) is 2. The van der Waals surface area contributed by atoms with Crippen LogP contribution in [0.4, 0.5) is 0 Å². The Balaban J connectivity index is 1.71. The largest absolute Gasteiger partial charge is 0.362 e. The van der Waals surface area contributed by atoms with Crippen molar-refractivity contribution in [1.82, 2.24) is 15.2 Å². The molecule has 2 amide bonds. The molecule has 2 N–H and O–H groups in total. The minimum absolute atomic E-state index is 0.0131. The Morgan fingerprint density at radius 3 is 3.16 bits per heavy atom. The summed E-state index contributed by atoms with van der Waals surface area (Å²) in [6.45, 7) is 1.33. The maximum absolute atomic E-state index is 12.2. The van der Waals surface area contributed by atoms with Gasteiger partial charge in [-0.25, -0.2) is 0 Å². The number of rotatable bonds is 2. The van der Waals surface area contributed by atoms with Gasteiger partial charge >= 0.3 is 0 Å². The van der Waals surface area contributed by atoms with Gasteiger partial charge in [-0.15, -0.1) is 0 Å². The summed E-state index contributed by atoms with van der Waals surface area (Å²) < 4.78 is 0. The first kappa shape index (κ1) is 12.0. The molecule has 0 radical (unpaired) electrons. The Morgan fingerprint density at radius 1 is 1.47 bits per heavy atom. The number of H-pyrrole nitrogens is 1. The summed E-state index contributed by atoms with van der Waals surface area (Å²) in [7, 11) is 0. The van der Waals surface area contributed by atoms with Crippen LogP contribution in [0.25, 0.3) is 6.08 Å². The minimum Gasteiger partial charge on any atom is -0.362 e. The Morgan fingerprint density at radius 2 is 2.37 bits per heavy atom. The molecule has 2 atom stereocenters. The second kappa shape index (κ2) is 4.91. The molecular weight excluding hydrogens is 242 g/mol. The average molecular weight is 259 g/mol. The molecular formula is C14H17N3O2. The van der Waals surface area contributed by atoms with Crippen LogP contribution < -0.4 is 5.32 Å². The molecule has 3 heterocycles. The second-order valence-electron chi connectivity index (χ2n) is 5.05. The van der Waals surface area contributed by atoms with E-state index in [1.54, 1.807) is 12.2 Å². The highest BCUT2D eigenvalue weighted by atomic mass is 16.2. The molecule has 5 nitrogen and oxygen atoms in total. The molecule has 19 heavy (non-hydrogen) atoms. The molecule has 5 heteroatoms. The zero-order valence-electron chi connectivity index (χ0n) is 10.6. The SMILES string of the molecule is O=C1NC[C@@H]2[C@H]1CCCN2C(=O)/C=C/c1ccc[nH]1. The van der Waals surface area contributed by atoms with Crippen LogP contribution in [0.1, 0.15) is 18.5 Å². The topological polar surface area (TPSA) is 65.2 Å². The van der Waals surface area contributed by atoms with Gasteiger partial charge < -0.3 is 15.2 Å². The molecule has 0 bridgehead atoms. The van der Waals surface area contributed by atoms with E-state index in [4.69, 9.17) is 0 Å². The van der Waals surface area contributed by atoms with Crippen molar-refractivity contribution in [3.05, 3.63) is 30.1 Å². The summed E-state index contributed by atoms with van der Waals surface area (Å²) in [4.78, 5) is 28.7. The first-order valence-electron chi connectivity index (χ1n) is 6.65. The van der Waals surface area contributed by atoms with Crippen molar-refractivity contribution in [2.75, 3.05) is 13.1 Å². The number of nitrogens with one attached hydrogen (secondary N) is 2. The molecule has 0 unspecified atom stereocenters.